The molecule has 1 aromatic carbocycles. The van der Waals surface area contributed by atoms with Crippen molar-refractivity contribution in [2.75, 3.05) is 13.1 Å². The van der Waals surface area contributed by atoms with Gasteiger partial charge >= 0.3 is 18.0 Å². The highest BCUT2D eigenvalue weighted by Crippen LogP contribution is 2.76. The standard InChI is InChI=1S/C39H46N2O6/c1-21-10-12-27-24(20-41-36(44)40-17-15-23-8-6-5-7-9-23)11-13-28-33(29(21)27)47-35(43)39(28)19-25-18-37(39,3)31-30(25)38(4,45)16-14-26-22(2)34(42)46-32(26)31/h5-10,25-26,28-29,32-33,45H,2,11-20H2,1,3-4H3,(H2,40,41,44)/t25-,26-,28+,29-,32-,33-,37+,38-,39-/m0/s1. The van der Waals surface area contributed by atoms with Crippen molar-refractivity contribution in [1.29, 1.82) is 0 Å². The minimum absolute atomic E-state index is 0.00554. The number of fused-ring (bicyclic) bond motifs is 11. The molecule has 1 saturated carbocycles. The summed E-state index contributed by atoms with van der Waals surface area (Å²) in [6, 6.07) is 9.94. The molecule has 2 bridgehead atoms. The number of rotatable bonds is 5. The summed E-state index contributed by atoms with van der Waals surface area (Å²) < 4.78 is 12.6. The van der Waals surface area contributed by atoms with Crippen LogP contribution in [0, 0.1) is 34.5 Å². The number of amides is 2. The molecule has 8 rings (SSSR count). The highest BCUT2D eigenvalue weighted by atomic mass is 16.6. The Morgan fingerprint density at radius 1 is 1.06 bits per heavy atom. The van der Waals surface area contributed by atoms with E-state index in [1.807, 2.05) is 25.1 Å². The first-order chi connectivity index (χ1) is 22.5. The number of benzene rings is 1. The van der Waals surface area contributed by atoms with Crippen LogP contribution < -0.4 is 10.6 Å². The topological polar surface area (TPSA) is 114 Å². The molecule has 1 aromatic rings. The molecule has 9 atom stereocenters. The van der Waals surface area contributed by atoms with E-state index in [1.54, 1.807) is 0 Å². The second-order valence-electron chi connectivity index (χ2n) is 15.6. The van der Waals surface area contributed by atoms with Crippen LogP contribution in [0.15, 0.2) is 76.4 Å². The van der Waals surface area contributed by atoms with Crippen LogP contribution in [0.3, 0.4) is 0 Å². The fourth-order valence-electron chi connectivity index (χ4n) is 11.2. The van der Waals surface area contributed by atoms with E-state index in [2.05, 4.69) is 49.3 Å². The first kappa shape index (κ1) is 30.7. The number of hydrogen-bond donors (Lipinski definition) is 3. The number of hydrogen-bond acceptors (Lipinski definition) is 6. The molecule has 248 valence electrons. The van der Waals surface area contributed by atoms with E-state index in [4.69, 9.17) is 9.47 Å². The largest absolute Gasteiger partial charge is 0.461 e. The maximum absolute atomic E-state index is 14.5. The van der Waals surface area contributed by atoms with Crippen LogP contribution in [0.1, 0.15) is 71.3 Å². The quantitative estimate of drug-likeness (QED) is 0.224. The minimum atomic E-state index is -1.03. The number of carbonyl (C=O) groups excluding carboxylic acids is 3. The van der Waals surface area contributed by atoms with Crippen LogP contribution >= 0.6 is 0 Å². The van der Waals surface area contributed by atoms with Crippen molar-refractivity contribution in [2.45, 2.75) is 89.9 Å². The Labute approximate surface area is 276 Å². The van der Waals surface area contributed by atoms with Gasteiger partial charge in [0.2, 0.25) is 0 Å². The van der Waals surface area contributed by atoms with E-state index in [0.29, 0.717) is 37.9 Å². The molecule has 2 heterocycles. The average molecular weight is 639 g/mol. The normalized spacial score (nSPS) is 39.9. The van der Waals surface area contributed by atoms with Crippen LogP contribution in [-0.4, -0.2) is 54.0 Å². The molecular weight excluding hydrogens is 592 g/mol. The summed E-state index contributed by atoms with van der Waals surface area (Å²) in [5.74, 6) is -0.706. The van der Waals surface area contributed by atoms with Gasteiger partial charge in [-0.15, -0.1) is 0 Å². The smallest absolute Gasteiger partial charge is 0.334 e. The van der Waals surface area contributed by atoms with Crippen LogP contribution in [0.25, 0.3) is 0 Å². The second-order valence-corrected chi connectivity index (χ2v) is 15.6. The number of carbonyl (C=O) groups is 3. The lowest BCUT2D eigenvalue weighted by Gasteiger charge is -2.48. The molecule has 8 nitrogen and oxygen atoms in total. The third kappa shape index (κ3) is 4.32. The van der Waals surface area contributed by atoms with Gasteiger partial charge in [0.1, 0.15) is 12.2 Å². The van der Waals surface area contributed by atoms with E-state index in [-0.39, 0.29) is 47.7 Å². The summed E-state index contributed by atoms with van der Waals surface area (Å²) in [4.78, 5) is 40.2. The first-order valence-electron chi connectivity index (χ1n) is 17.5. The number of ether oxygens (including phenoxy) is 2. The first-order valence-corrected chi connectivity index (χ1v) is 17.5. The zero-order valence-electron chi connectivity index (χ0n) is 27.7. The highest BCUT2D eigenvalue weighted by Gasteiger charge is 2.77. The molecule has 2 aliphatic heterocycles. The van der Waals surface area contributed by atoms with Crippen molar-refractivity contribution in [2.24, 2.45) is 34.5 Å². The number of aliphatic hydroxyl groups is 1. The van der Waals surface area contributed by atoms with Gasteiger partial charge in [0.15, 0.2) is 0 Å². The molecule has 0 radical (unpaired) electrons. The molecule has 2 amide bonds. The number of nitrogens with one attached hydrogen (secondary N) is 2. The highest BCUT2D eigenvalue weighted by molar-refractivity contribution is 5.92. The Morgan fingerprint density at radius 2 is 1.85 bits per heavy atom. The Morgan fingerprint density at radius 3 is 2.64 bits per heavy atom. The molecule has 5 aliphatic carbocycles. The van der Waals surface area contributed by atoms with Crippen LogP contribution in [0.2, 0.25) is 0 Å². The summed E-state index contributed by atoms with van der Waals surface area (Å²) >= 11 is 0. The van der Waals surface area contributed by atoms with Gasteiger partial charge in [0.25, 0.3) is 0 Å². The number of urea groups is 1. The van der Waals surface area contributed by atoms with Crippen molar-refractivity contribution in [3.63, 3.8) is 0 Å². The average Bonchev–Trinajstić information content (AvgIpc) is 3.75. The van der Waals surface area contributed by atoms with Crippen LogP contribution in [0.4, 0.5) is 4.79 Å². The molecule has 0 aromatic heterocycles. The van der Waals surface area contributed by atoms with Crippen LogP contribution in [-0.2, 0) is 25.5 Å². The predicted octanol–water partition coefficient (Wildman–Crippen LogP) is 5.48. The van der Waals surface area contributed by atoms with E-state index < -0.39 is 22.5 Å². The Bertz CT molecular complexity index is 1670. The fraction of sp³-hybridized carbons (Fsp3) is 0.564. The maximum atomic E-state index is 14.5. The zero-order valence-corrected chi connectivity index (χ0v) is 27.7. The zero-order chi connectivity index (χ0) is 32.9. The minimum Gasteiger partial charge on any atom is -0.461 e. The fourth-order valence-corrected chi connectivity index (χ4v) is 11.2. The lowest BCUT2D eigenvalue weighted by atomic mass is 9.53. The second kappa shape index (κ2) is 10.7. The lowest BCUT2D eigenvalue weighted by molar-refractivity contribution is -0.154. The van der Waals surface area contributed by atoms with E-state index in [0.717, 1.165) is 43.3 Å². The molecule has 3 N–H and O–H groups in total. The molecule has 2 saturated heterocycles. The molecule has 0 unspecified atom stereocenters. The SMILES string of the molecule is C=C1C(=O)O[C@@H]2C3=C([C@H]4C[C@@]3(C)[C@]3(C4)C(=O)O[C@@H]4[C@H]5C(C)=CCC5=C(CNC(=O)NCCc5ccccc5)CC[C@H]43)[C@@](C)(O)CC[C@@H]12. The third-order valence-corrected chi connectivity index (χ3v) is 13.3. The summed E-state index contributed by atoms with van der Waals surface area (Å²) in [7, 11) is 0. The van der Waals surface area contributed by atoms with Crippen molar-refractivity contribution in [1.82, 2.24) is 10.6 Å². The van der Waals surface area contributed by atoms with Gasteiger partial charge in [0.05, 0.1) is 11.0 Å². The number of esters is 2. The molecule has 8 heteroatoms. The van der Waals surface area contributed by atoms with Gasteiger partial charge in [0, 0.05) is 41.8 Å². The van der Waals surface area contributed by atoms with Crippen LogP contribution in [0.5, 0.6) is 0 Å². The van der Waals surface area contributed by atoms with E-state index in [1.165, 1.54) is 22.3 Å². The van der Waals surface area contributed by atoms with E-state index in [9.17, 15) is 19.5 Å². The monoisotopic (exact) mass is 638 g/mol. The third-order valence-electron chi connectivity index (χ3n) is 13.3. The summed E-state index contributed by atoms with van der Waals surface area (Å²) in [6.45, 7) is 11.3. The van der Waals surface area contributed by atoms with Crippen molar-refractivity contribution < 1.29 is 29.0 Å². The van der Waals surface area contributed by atoms with Gasteiger partial charge < -0.3 is 25.2 Å². The molecule has 3 fully saturated rings. The summed E-state index contributed by atoms with van der Waals surface area (Å²) in [6.07, 6.45) is 7.15. The van der Waals surface area contributed by atoms with E-state index >= 15 is 0 Å². The Balaban J connectivity index is 1.07. The van der Waals surface area contributed by atoms with Gasteiger partial charge in [-0.3, -0.25) is 4.79 Å². The summed E-state index contributed by atoms with van der Waals surface area (Å²) in [5, 5.41) is 18.0. The van der Waals surface area contributed by atoms with Crippen molar-refractivity contribution in [3.05, 3.63) is 82.0 Å². The Hall–Kier alpha value is -3.65. The molecular formula is C39H46N2O6. The van der Waals surface area contributed by atoms with Gasteiger partial charge in [-0.25, -0.2) is 9.59 Å². The number of allylic oxidation sites excluding steroid dienone is 1. The van der Waals surface area contributed by atoms with Gasteiger partial charge in [-0.1, -0.05) is 66.6 Å². The van der Waals surface area contributed by atoms with Crippen molar-refractivity contribution >= 4 is 18.0 Å². The van der Waals surface area contributed by atoms with Gasteiger partial charge in [-0.05, 0) is 87.8 Å². The molecule has 47 heavy (non-hydrogen) atoms. The predicted molar refractivity (Wildman–Crippen MR) is 176 cm³/mol. The maximum Gasteiger partial charge on any atom is 0.334 e. The Kier molecular flexibility index (Phi) is 6.97. The van der Waals surface area contributed by atoms with Gasteiger partial charge in [-0.2, -0.15) is 0 Å². The lowest BCUT2D eigenvalue weighted by Crippen LogP contribution is -2.50. The molecule has 1 spiro atoms. The van der Waals surface area contributed by atoms with Crippen molar-refractivity contribution in [3.8, 4) is 0 Å². The molecule has 7 aliphatic rings. The summed E-state index contributed by atoms with van der Waals surface area (Å²) in [5.41, 5.74) is 4.94.